The Kier molecular flexibility index (Phi) is 9.02. The number of halogens is 3. The minimum absolute atomic E-state index is 0.0184. The van der Waals surface area contributed by atoms with E-state index >= 15 is 4.79 Å². The van der Waals surface area contributed by atoms with Crippen molar-refractivity contribution in [1.82, 2.24) is 5.01 Å². The Morgan fingerprint density at radius 2 is 1.61 bits per heavy atom. The van der Waals surface area contributed by atoms with Gasteiger partial charge in [-0.3, -0.25) is 29.5 Å². The Bertz CT molecular complexity index is 2290. The summed E-state index contributed by atoms with van der Waals surface area (Å²) in [7, 11) is -0.306. The van der Waals surface area contributed by atoms with Crippen LogP contribution in [0.25, 0.3) is 0 Å². The monoisotopic (exact) mass is 785 g/mol. The number of phenolic OH excluding ortho intramolecular Hbond substituents is 1. The van der Waals surface area contributed by atoms with Crippen molar-refractivity contribution >= 4 is 82.4 Å². The Morgan fingerprint density at radius 1 is 0.852 bits per heavy atom. The first-order valence-electron chi connectivity index (χ1n) is 17.1. The van der Waals surface area contributed by atoms with E-state index in [1.165, 1.54) is 43.5 Å². The van der Waals surface area contributed by atoms with Crippen molar-refractivity contribution in [2.24, 2.45) is 23.7 Å². The lowest BCUT2D eigenvalue weighted by atomic mass is 9.49. The van der Waals surface area contributed by atoms with Gasteiger partial charge in [-0.05, 0) is 89.9 Å². The van der Waals surface area contributed by atoms with Crippen LogP contribution in [-0.4, -0.2) is 58.0 Å². The van der Waals surface area contributed by atoms with Crippen LogP contribution in [0.1, 0.15) is 29.9 Å². The Balaban J connectivity index is 1.32. The molecule has 4 amide bonds. The molecular formula is C39H31BCl3N3O8. The van der Waals surface area contributed by atoms with E-state index in [0.29, 0.717) is 27.5 Å². The van der Waals surface area contributed by atoms with Crippen LogP contribution in [0.4, 0.5) is 11.4 Å². The van der Waals surface area contributed by atoms with Crippen LogP contribution in [-0.2, 0) is 24.6 Å². The number of rotatable bonds is 7. The molecule has 2 heterocycles. The number of phenols is 1. The molecule has 2 aliphatic heterocycles. The number of fused-ring (bicyclic) bond motifs is 4. The minimum Gasteiger partial charge on any atom is -0.508 e. The van der Waals surface area contributed by atoms with Crippen molar-refractivity contribution in [3.05, 3.63) is 123 Å². The van der Waals surface area contributed by atoms with Gasteiger partial charge in [-0.15, -0.1) is 0 Å². The van der Waals surface area contributed by atoms with Crippen LogP contribution < -0.4 is 20.5 Å². The fraction of sp³-hybridized carbons (Fsp3) is 0.231. The molecule has 4 aliphatic rings. The van der Waals surface area contributed by atoms with Crippen molar-refractivity contribution in [3.8, 4) is 11.5 Å². The summed E-state index contributed by atoms with van der Waals surface area (Å²) in [4.78, 5) is 60.0. The summed E-state index contributed by atoms with van der Waals surface area (Å²) < 4.78 is 5.44. The van der Waals surface area contributed by atoms with Crippen LogP contribution >= 0.6 is 34.8 Å². The van der Waals surface area contributed by atoms with Crippen molar-refractivity contribution in [3.63, 3.8) is 0 Å². The zero-order valence-corrected chi connectivity index (χ0v) is 30.7. The number of carbonyl (C=O) groups is 4. The molecule has 2 saturated heterocycles. The molecule has 0 aromatic heterocycles. The highest BCUT2D eigenvalue weighted by Gasteiger charge is 2.70. The van der Waals surface area contributed by atoms with E-state index in [1.54, 1.807) is 48.5 Å². The number of benzene rings is 4. The van der Waals surface area contributed by atoms with E-state index in [0.717, 1.165) is 9.91 Å². The molecule has 8 rings (SSSR count). The van der Waals surface area contributed by atoms with Gasteiger partial charge in [-0.2, -0.15) is 5.01 Å². The van der Waals surface area contributed by atoms with Gasteiger partial charge in [0.25, 0.3) is 11.8 Å². The Morgan fingerprint density at radius 3 is 2.30 bits per heavy atom. The third-order valence-corrected chi connectivity index (χ3v) is 12.2. The highest BCUT2D eigenvalue weighted by atomic mass is 35.5. The number of hydrogen-bond acceptors (Lipinski definition) is 9. The topological polar surface area (TPSA) is 157 Å². The van der Waals surface area contributed by atoms with E-state index in [4.69, 9.17) is 39.5 Å². The number of allylic oxidation sites excluding steroid dienone is 2. The van der Waals surface area contributed by atoms with Crippen LogP contribution in [0, 0.1) is 23.7 Å². The number of hydrogen-bond donors (Lipinski definition) is 4. The van der Waals surface area contributed by atoms with Crippen molar-refractivity contribution in [2.45, 2.75) is 24.2 Å². The predicted molar refractivity (Wildman–Crippen MR) is 203 cm³/mol. The summed E-state index contributed by atoms with van der Waals surface area (Å²) in [5.74, 6) is -6.15. The van der Waals surface area contributed by atoms with Gasteiger partial charge < -0.3 is 19.9 Å². The minimum atomic E-state index is -1.82. The largest absolute Gasteiger partial charge is 0.508 e. The van der Waals surface area contributed by atoms with Crippen molar-refractivity contribution in [1.29, 1.82) is 0 Å². The summed E-state index contributed by atoms with van der Waals surface area (Å²) in [6.45, 7) is 0. The first kappa shape index (κ1) is 36.1. The summed E-state index contributed by atoms with van der Waals surface area (Å²) >= 11 is 19.6. The second kappa shape index (κ2) is 13.5. The summed E-state index contributed by atoms with van der Waals surface area (Å²) in [6.07, 6.45) is 2.05. The molecule has 15 heteroatoms. The third-order valence-electron chi connectivity index (χ3n) is 11.3. The highest BCUT2D eigenvalue weighted by Crippen LogP contribution is 2.65. The van der Waals surface area contributed by atoms with Gasteiger partial charge in [0.15, 0.2) is 0 Å². The quantitative estimate of drug-likeness (QED) is 0.112. The van der Waals surface area contributed by atoms with E-state index < -0.39 is 65.8 Å². The van der Waals surface area contributed by atoms with Crippen molar-refractivity contribution in [2.75, 3.05) is 17.4 Å². The molecule has 54 heavy (non-hydrogen) atoms. The average Bonchev–Trinajstić information content (AvgIpc) is 3.53. The molecule has 3 fully saturated rings. The predicted octanol–water partition coefficient (Wildman–Crippen LogP) is 5.23. The molecular weight excluding hydrogens is 756 g/mol. The van der Waals surface area contributed by atoms with Crippen LogP contribution in [0.5, 0.6) is 11.5 Å². The molecule has 274 valence electrons. The van der Waals surface area contributed by atoms with Gasteiger partial charge >= 0.3 is 7.12 Å². The normalized spacial score (nSPS) is 26.0. The molecule has 2 aliphatic carbocycles. The molecule has 4 N–H and O–H groups in total. The molecule has 0 radical (unpaired) electrons. The second-order valence-corrected chi connectivity index (χ2v) is 15.1. The van der Waals surface area contributed by atoms with E-state index in [2.05, 4.69) is 5.43 Å². The van der Waals surface area contributed by atoms with Gasteiger partial charge in [0.05, 0.1) is 46.7 Å². The Hall–Kier alpha value is -4.85. The first-order chi connectivity index (χ1) is 25.9. The number of nitrogens with zero attached hydrogens (tertiary/aromatic N) is 2. The molecule has 4 aromatic carbocycles. The molecule has 1 saturated carbocycles. The van der Waals surface area contributed by atoms with E-state index in [1.807, 2.05) is 6.08 Å². The van der Waals surface area contributed by atoms with Gasteiger partial charge in [0, 0.05) is 16.0 Å². The lowest BCUT2D eigenvalue weighted by molar-refractivity contribution is -0.138. The zero-order valence-electron chi connectivity index (χ0n) is 28.4. The summed E-state index contributed by atoms with van der Waals surface area (Å²) in [6, 6.07) is 21.8. The Labute approximate surface area is 324 Å². The number of anilines is 2. The number of ether oxygens (including phenoxy) is 1. The number of methoxy groups -OCH3 is 1. The van der Waals surface area contributed by atoms with Crippen LogP contribution in [0.2, 0.25) is 15.1 Å². The number of aromatic hydroxyl groups is 1. The van der Waals surface area contributed by atoms with E-state index in [9.17, 15) is 29.5 Å². The number of nitrogens with one attached hydrogen (secondary N) is 1. The van der Waals surface area contributed by atoms with Gasteiger partial charge in [-0.25, -0.2) is 0 Å². The maximum Gasteiger partial charge on any atom is 0.488 e. The van der Waals surface area contributed by atoms with Gasteiger partial charge in [0.1, 0.15) is 11.5 Å². The summed E-state index contributed by atoms with van der Waals surface area (Å²) in [5.41, 5.74) is 3.45. The van der Waals surface area contributed by atoms with Crippen LogP contribution in [0.3, 0.4) is 0 Å². The van der Waals surface area contributed by atoms with Crippen molar-refractivity contribution < 1.29 is 39.1 Å². The smallest absolute Gasteiger partial charge is 0.488 e. The zero-order chi connectivity index (χ0) is 38.2. The standard InChI is InChI=1S/C39H31BCl3N3O8/c1-54-24-9-5-19(6-10-24)39-29(36(49)46(38(39)51)44-32-14-7-21(41)16-31(32)43)18-28-25(34(39)26-11-8-23(47)17-30(26)42)12-13-27-33(28)37(50)45(35(27)48)22-4-2-3-20(15-22)40(52)53/h2-12,14-17,27-29,33-34,44,47,52-53H,13,18H2,1H3/t27-,28+,29-,33-,34+,39+/m0/s1. The van der Waals surface area contributed by atoms with E-state index in [-0.39, 0.29) is 45.5 Å². The molecule has 0 bridgehead atoms. The highest BCUT2D eigenvalue weighted by molar-refractivity contribution is 6.58. The lowest BCUT2D eigenvalue weighted by Gasteiger charge is -2.50. The lowest BCUT2D eigenvalue weighted by Crippen LogP contribution is -2.53. The van der Waals surface area contributed by atoms with Gasteiger partial charge in [-0.1, -0.05) is 76.8 Å². The fourth-order valence-corrected chi connectivity index (χ4v) is 9.75. The van der Waals surface area contributed by atoms with Crippen LogP contribution in [0.15, 0.2) is 96.6 Å². The van der Waals surface area contributed by atoms with Gasteiger partial charge in [0.2, 0.25) is 11.8 Å². The number of imide groups is 2. The first-order valence-corrected chi connectivity index (χ1v) is 18.3. The molecule has 6 atom stereocenters. The molecule has 0 spiro atoms. The third kappa shape index (κ3) is 5.42. The fourth-order valence-electron chi connectivity index (χ4n) is 9.02. The SMILES string of the molecule is COc1ccc([C@@]23C(=O)N(Nc4ccc(Cl)cc4Cl)C(=O)[C@@H]2C[C@@H]2C(=CC[C@@H]4C(=O)N(c5cccc(B(O)O)c5)C(=O)[C@@H]42)[C@@H]3c2ccc(O)cc2Cl)cc1. The second-order valence-electron chi connectivity index (χ2n) is 13.9. The number of amides is 4. The molecule has 0 unspecified atom stereocenters. The molecule has 4 aromatic rings. The number of carbonyl (C=O) groups excluding carboxylic acids is 4. The maximum absolute atomic E-state index is 15.4. The molecule has 11 nitrogen and oxygen atoms in total. The maximum atomic E-state index is 15.4. The average molecular weight is 787 g/mol. The summed E-state index contributed by atoms with van der Waals surface area (Å²) in [5, 5.41) is 31.7. The number of hydrazine groups is 1.